The van der Waals surface area contributed by atoms with E-state index in [0.717, 1.165) is 11.3 Å². The van der Waals surface area contributed by atoms with Crippen molar-refractivity contribution in [2.75, 3.05) is 13.1 Å². The molecule has 0 saturated carbocycles. The Morgan fingerprint density at radius 2 is 2.26 bits per heavy atom. The molecule has 1 saturated heterocycles. The van der Waals surface area contributed by atoms with E-state index in [1.54, 1.807) is 22.3 Å². The molecule has 102 valence electrons. The summed E-state index contributed by atoms with van der Waals surface area (Å²) in [5.41, 5.74) is 0. The second-order valence-corrected chi connectivity index (χ2v) is 6.06. The Labute approximate surface area is 116 Å². The van der Waals surface area contributed by atoms with Crippen molar-refractivity contribution in [1.82, 2.24) is 4.90 Å². The first-order chi connectivity index (χ1) is 9.06. The van der Waals surface area contributed by atoms with E-state index in [-0.39, 0.29) is 5.91 Å². The van der Waals surface area contributed by atoms with Gasteiger partial charge in [0.05, 0.1) is 5.92 Å². The molecule has 0 spiro atoms. The number of carboxylic acid groups (broad SMARTS) is 1. The van der Waals surface area contributed by atoms with Gasteiger partial charge in [-0.15, -0.1) is 11.3 Å². The van der Waals surface area contributed by atoms with Gasteiger partial charge < -0.3 is 10.0 Å². The third-order valence-electron chi connectivity index (χ3n) is 3.23. The van der Waals surface area contributed by atoms with Crippen LogP contribution < -0.4 is 0 Å². The van der Waals surface area contributed by atoms with Gasteiger partial charge in [-0.05, 0) is 38.0 Å². The van der Waals surface area contributed by atoms with Gasteiger partial charge in [0.25, 0.3) is 0 Å². The van der Waals surface area contributed by atoms with Crippen LogP contribution in [0, 0.1) is 12.8 Å². The standard InChI is InChI=1S/C14H17NO3S/c1-10-4-5-12(19-10)6-7-13(16)15-8-2-3-11(9-15)14(17)18/h4-7,11H,2-3,8-9H2,1H3,(H,17,18)/b7-6+. The summed E-state index contributed by atoms with van der Waals surface area (Å²) >= 11 is 1.63. The SMILES string of the molecule is Cc1ccc(/C=C/C(=O)N2CCCC(C(=O)O)C2)s1. The molecule has 4 nitrogen and oxygen atoms in total. The predicted octanol–water partition coefficient (Wildman–Crippen LogP) is 2.39. The molecule has 1 aliphatic rings. The minimum absolute atomic E-state index is 0.1000. The highest BCUT2D eigenvalue weighted by Crippen LogP contribution is 2.19. The molecule has 5 heteroatoms. The van der Waals surface area contributed by atoms with Gasteiger partial charge in [-0.3, -0.25) is 9.59 Å². The lowest BCUT2D eigenvalue weighted by Crippen LogP contribution is -2.41. The molecule has 1 unspecified atom stereocenters. The summed E-state index contributed by atoms with van der Waals surface area (Å²) in [6, 6.07) is 3.98. The van der Waals surface area contributed by atoms with Crippen LogP contribution in [-0.4, -0.2) is 35.0 Å². The third-order valence-corrected chi connectivity index (χ3v) is 4.20. The van der Waals surface area contributed by atoms with Crippen molar-refractivity contribution in [3.05, 3.63) is 28.0 Å². The van der Waals surface area contributed by atoms with Crippen LogP contribution in [0.1, 0.15) is 22.6 Å². The third kappa shape index (κ3) is 3.67. The zero-order valence-electron chi connectivity index (χ0n) is 10.8. The van der Waals surface area contributed by atoms with Crippen molar-refractivity contribution in [3.8, 4) is 0 Å². The summed E-state index contributed by atoms with van der Waals surface area (Å²) in [5, 5.41) is 8.99. The Morgan fingerprint density at radius 3 is 2.89 bits per heavy atom. The van der Waals surface area contributed by atoms with Crippen molar-refractivity contribution in [1.29, 1.82) is 0 Å². The molecule has 1 aliphatic heterocycles. The lowest BCUT2D eigenvalue weighted by atomic mass is 9.98. The van der Waals surface area contributed by atoms with E-state index in [2.05, 4.69) is 0 Å². The molecular weight excluding hydrogens is 262 g/mol. The highest BCUT2D eigenvalue weighted by atomic mass is 32.1. The molecule has 0 radical (unpaired) electrons. The first kappa shape index (κ1) is 13.8. The zero-order valence-corrected chi connectivity index (χ0v) is 11.7. The van der Waals surface area contributed by atoms with Gasteiger partial charge in [-0.1, -0.05) is 0 Å². The largest absolute Gasteiger partial charge is 0.481 e. The maximum atomic E-state index is 12.0. The zero-order chi connectivity index (χ0) is 13.8. The van der Waals surface area contributed by atoms with Crippen LogP contribution in [-0.2, 0) is 9.59 Å². The minimum Gasteiger partial charge on any atom is -0.481 e. The van der Waals surface area contributed by atoms with Gasteiger partial charge >= 0.3 is 5.97 Å². The quantitative estimate of drug-likeness (QED) is 0.864. The molecular formula is C14H17NO3S. The Balaban J connectivity index is 1.96. The van der Waals surface area contributed by atoms with Gasteiger partial charge in [0.15, 0.2) is 0 Å². The highest BCUT2D eigenvalue weighted by Gasteiger charge is 2.26. The first-order valence-electron chi connectivity index (χ1n) is 6.32. The maximum absolute atomic E-state index is 12.0. The van der Waals surface area contributed by atoms with Crippen LogP contribution in [0.2, 0.25) is 0 Å². The maximum Gasteiger partial charge on any atom is 0.308 e. The van der Waals surface area contributed by atoms with Crippen molar-refractivity contribution < 1.29 is 14.7 Å². The Bertz CT molecular complexity index is 507. The molecule has 1 atom stereocenters. The molecule has 1 N–H and O–H groups in total. The van der Waals surface area contributed by atoms with Gasteiger partial charge in [-0.25, -0.2) is 0 Å². The number of likely N-dealkylation sites (tertiary alicyclic amines) is 1. The normalized spacial score (nSPS) is 19.8. The summed E-state index contributed by atoms with van der Waals surface area (Å²) in [6.07, 6.45) is 4.75. The topological polar surface area (TPSA) is 57.6 Å². The van der Waals surface area contributed by atoms with Crippen molar-refractivity contribution >= 4 is 29.3 Å². The van der Waals surface area contributed by atoms with E-state index in [0.29, 0.717) is 19.5 Å². The molecule has 0 aliphatic carbocycles. The van der Waals surface area contributed by atoms with E-state index in [4.69, 9.17) is 5.11 Å². The second-order valence-electron chi connectivity index (χ2n) is 4.74. The van der Waals surface area contributed by atoms with E-state index in [1.807, 2.05) is 19.1 Å². The van der Waals surface area contributed by atoms with Gasteiger partial charge in [0, 0.05) is 28.9 Å². The summed E-state index contributed by atoms with van der Waals surface area (Å²) in [4.78, 5) is 26.8. The number of amides is 1. The fraction of sp³-hybridized carbons (Fsp3) is 0.429. The number of piperidine rings is 1. The van der Waals surface area contributed by atoms with Gasteiger partial charge in [-0.2, -0.15) is 0 Å². The highest BCUT2D eigenvalue weighted by molar-refractivity contribution is 7.12. The second kappa shape index (κ2) is 6.02. The number of aryl methyl sites for hydroxylation is 1. The molecule has 0 bridgehead atoms. The predicted molar refractivity (Wildman–Crippen MR) is 75.0 cm³/mol. The number of rotatable bonds is 3. The Kier molecular flexibility index (Phi) is 4.37. The fourth-order valence-corrected chi connectivity index (χ4v) is 2.96. The number of nitrogens with zero attached hydrogens (tertiary/aromatic N) is 1. The van der Waals surface area contributed by atoms with E-state index < -0.39 is 11.9 Å². The molecule has 0 aromatic carbocycles. The summed E-state index contributed by atoms with van der Waals surface area (Å²) in [7, 11) is 0. The fourth-order valence-electron chi connectivity index (χ4n) is 2.18. The van der Waals surface area contributed by atoms with Crippen molar-refractivity contribution in [2.45, 2.75) is 19.8 Å². The van der Waals surface area contributed by atoms with Crippen molar-refractivity contribution in [2.24, 2.45) is 5.92 Å². The summed E-state index contributed by atoms with van der Waals surface area (Å²) in [5.74, 6) is -1.33. The molecule has 1 aromatic heterocycles. The average Bonchev–Trinajstić information content (AvgIpc) is 2.82. The van der Waals surface area contributed by atoms with Crippen LogP contribution in [0.4, 0.5) is 0 Å². The number of carbonyl (C=O) groups excluding carboxylic acids is 1. The Morgan fingerprint density at radius 1 is 1.47 bits per heavy atom. The molecule has 1 fully saturated rings. The van der Waals surface area contributed by atoms with E-state index in [1.165, 1.54) is 11.0 Å². The number of carboxylic acids is 1. The van der Waals surface area contributed by atoms with Crippen LogP contribution >= 0.6 is 11.3 Å². The number of hydrogen-bond acceptors (Lipinski definition) is 3. The molecule has 1 aromatic rings. The summed E-state index contributed by atoms with van der Waals surface area (Å²) in [6.45, 7) is 2.99. The average molecular weight is 279 g/mol. The Hall–Kier alpha value is -1.62. The van der Waals surface area contributed by atoms with E-state index >= 15 is 0 Å². The van der Waals surface area contributed by atoms with Gasteiger partial charge in [0.1, 0.15) is 0 Å². The number of carbonyl (C=O) groups is 2. The lowest BCUT2D eigenvalue weighted by Gasteiger charge is -2.29. The van der Waals surface area contributed by atoms with Crippen LogP contribution in [0.15, 0.2) is 18.2 Å². The smallest absolute Gasteiger partial charge is 0.308 e. The lowest BCUT2D eigenvalue weighted by molar-refractivity contribution is -0.144. The first-order valence-corrected chi connectivity index (χ1v) is 7.14. The van der Waals surface area contributed by atoms with Crippen LogP contribution in [0.3, 0.4) is 0 Å². The monoisotopic (exact) mass is 279 g/mol. The van der Waals surface area contributed by atoms with Crippen molar-refractivity contribution in [3.63, 3.8) is 0 Å². The molecule has 2 rings (SSSR count). The van der Waals surface area contributed by atoms with E-state index in [9.17, 15) is 9.59 Å². The number of thiophene rings is 1. The molecule has 19 heavy (non-hydrogen) atoms. The molecule has 2 heterocycles. The number of hydrogen-bond donors (Lipinski definition) is 1. The summed E-state index contributed by atoms with van der Waals surface area (Å²) < 4.78 is 0. The number of aliphatic carboxylic acids is 1. The van der Waals surface area contributed by atoms with Crippen LogP contribution in [0.25, 0.3) is 6.08 Å². The van der Waals surface area contributed by atoms with Crippen LogP contribution in [0.5, 0.6) is 0 Å². The molecule has 1 amide bonds. The minimum atomic E-state index is -0.810. The van der Waals surface area contributed by atoms with Gasteiger partial charge in [0.2, 0.25) is 5.91 Å².